The molecule has 5 nitrogen and oxygen atoms in total. The van der Waals surface area contributed by atoms with Crippen molar-refractivity contribution in [2.45, 2.75) is 4.90 Å². The van der Waals surface area contributed by atoms with Crippen LogP contribution in [0.5, 0.6) is 0 Å². The molecule has 0 aliphatic rings. The van der Waals surface area contributed by atoms with Gasteiger partial charge in [0.05, 0.1) is 15.5 Å². The first kappa shape index (κ1) is 14.7. The van der Waals surface area contributed by atoms with Gasteiger partial charge in [-0.2, -0.15) is 0 Å². The van der Waals surface area contributed by atoms with Crippen LogP contribution in [0.4, 0.5) is 0 Å². The summed E-state index contributed by atoms with van der Waals surface area (Å²) in [6.45, 7) is 3.74. The quantitative estimate of drug-likeness (QED) is 0.799. The number of halogens is 1. The van der Waals surface area contributed by atoms with Crippen LogP contribution in [0.15, 0.2) is 35.7 Å². The van der Waals surface area contributed by atoms with Gasteiger partial charge in [0.15, 0.2) is 0 Å². The zero-order valence-electron chi connectivity index (χ0n) is 9.73. The van der Waals surface area contributed by atoms with Crippen LogP contribution in [-0.2, 0) is 10.0 Å². The van der Waals surface area contributed by atoms with E-state index in [0.717, 1.165) is 0 Å². The molecule has 0 aliphatic carbocycles. The number of amides is 1. The van der Waals surface area contributed by atoms with Gasteiger partial charge in [0.1, 0.15) is 0 Å². The van der Waals surface area contributed by atoms with Gasteiger partial charge < -0.3 is 5.32 Å². The van der Waals surface area contributed by atoms with Crippen molar-refractivity contribution in [2.75, 3.05) is 13.6 Å². The Hall–Kier alpha value is -1.37. The lowest BCUT2D eigenvalue weighted by Gasteiger charge is -2.08. The number of carbonyl (C=O) groups excluding carboxylic acids is 1. The van der Waals surface area contributed by atoms with E-state index in [2.05, 4.69) is 16.6 Å². The SMILES string of the molecule is C=CCNC(=O)c1cc(S(=O)(=O)NC)ccc1Cl. The molecule has 1 rings (SSSR count). The van der Waals surface area contributed by atoms with E-state index in [1.165, 1.54) is 31.3 Å². The van der Waals surface area contributed by atoms with Crippen molar-refractivity contribution in [1.29, 1.82) is 0 Å². The fourth-order valence-corrected chi connectivity index (χ4v) is 2.18. The molecule has 98 valence electrons. The van der Waals surface area contributed by atoms with Gasteiger partial charge in [-0.3, -0.25) is 4.79 Å². The number of hydrogen-bond donors (Lipinski definition) is 2. The number of carbonyl (C=O) groups is 1. The molecule has 1 aromatic rings. The van der Waals surface area contributed by atoms with Crippen LogP contribution < -0.4 is 10.0 Å². The number of hydrogen-bond acceptors (Lipinski definition) is 3. The Morgan fingerprint density at radius 1 is 1.50 bits per heavy atom. The topological polar surface area (TPSA) is 75.3 Å². The van der Waals surface area contributed by atoms with Crippen LogP contribution in [0.1, 0.15) is 10.4 Å². The van der Waals surface area contributed by atoms with Crippen LogP contribution in [-0.4, -0.2) is 27.9 Å². The molecule has 1 aromatic carbocycles. The second kappa shape index (κ2) is 5.99. The molecule has 0 spiro atoms. The zero-order valence-corrected chi connectivity index (χ0v) is 11.3. The Balaban J connectivity index is 3.17. The first-order chi connectivity index (χ1) is 8.42. The maximum absolute atomic E-state index is 11.7. The molecule has 0 bridgehead atoms. The second-order valence-corrected chi connectivity index (χ2v) is 5.64. The fourth-order valence-electron chi connectivity index (χ4n) is 1.22. The zero-order chi connectivity index (χ0) is 13.8. The normalized spacial score (nSPS) is 11.0. The van der Waals surface area contributed by atoms with Gasteiger partial charge in [-0.05, 0) is 25.2 Å². The first-order valence-corrected chi connectivity index (χ1v) is 6.90. The van der Waals surface area contributed by atoms with Crippen LogP contribution in [0.2, 0.25) is 5.02 Å². The lowest BCUT2D eigenvalue weighted by molar-refractivity contribution is 0.0958. The fraction of sp³-hybridized carbons (Fsp3) is 0.182. The molecule has 0 aliphatic heterocycles. The van der Waals surface area contributed by atoms with Crippen molar-refractivity contribution >= 4 is 27.5 Å². The smallest absolute Gasteiger partial charge is 0.253 e. The summed E-state index contributed by atoms with van der Waals surface area (Å²) in [5, 5.41) is 2.72. The van der Waals surface area contributed by atoms with Crippen molar-refractivity contribution < 1.29 is 13.2 Å². The van der Waals surface area contributed by atoms with Crippen molar-refractivity contribution in [1.82, 2.24) is 10.0 Å². The largest absolute Gasteiger partial charge is 0.349 e. The van der Waals surface area contributed by atoms with Gasteiger partial charge >= 0.3 is 0 Å². The van der Waals surface area contributed by atoms with Crippen molar-refractivity contribution in [3.05, 3.63) is 41.4 Å². The summed E-state index contributed by atoms with van der Waals surface area (Å²) >= 11 is 5.86. The van der Waals surface area contributed by atoms with Gasteiger partial charge in [0.25, 0.3) is 5.91 Å². The summed E-state index contributed by atoms with van der Waals surface area (Å²) < 4.78 is 25.4. The Bertz CT molecular complexity index is 570. The summed E-state index contributed by atoms with van der Waals surface area (Å²) in [5.41, 5.74) is 0.106. The average molecular weight is 289 g/mol. The van der Waals surface area contributed by atoms with E-state index in [9.17, 15) is 13.2 Å². The van der Waals surface area contributed by atoms with E-state index < -0.39 is 15.9 Å². The Morgan fingerprint density at radius 3 is 2.72 bits per heavy atom. The summed E-state index contributed by atoms with van der Waals surface area (Å²) in [5.74, 6) is -0.451. The summed E-state index contributed by atoms with van der Waals surface area (Å²) in [7, 11) is -2.31. The Kier molecular flexibility index (Phi) is 4.89. The first-order valence-electron chi connectivity index (χ1n) is 5.04. The maximum atomic E-state index is 11.7. The van der Waals surface area contributed by atoms with Gasteiger partial charge in [0.2, 0.25) is 10.0 Å². The predicted molar refractivity (Wildman–Crippen MR) is 70.2 cm³/mol. The molecule has 0 radical (unpaired) electrons. The highest BCUT2D eigenvalue weighted by molar-refractivity contribution is 7.89. The highest BCUT2D eigenvalue weighted by Crippen LogP contribution is 2.20. The van der Waals surface area contributed by atoms with Crippen LogP contribution in [0.25, 0.3) is 0 Å². The summed E-state index contributed by atoms with van der Waals surface area (Å²) in [6, 6.07) is 3.93. The molecular formula is C11H13ClN2O3S. The number of benzene rings is 1. The monoisotopic (exact) mass is 288 g/mol. The van der Waals surface area contributed by atoms with Gasteiger partial charge in [-0.25, -0.2) is 13.1 Å². The molecule has 0 saturated heterocycles. The number of sulfonamides is 1. The van der Waals surface area contributed by atoms with Crippen LogP contribution in [0, 0.1) is 0 Å². The highest BCUT2D eigenvalue weighted by Gasteiger charge is 2.16. The van der Waals surface area contributed by atoms with E-state index in [1.54, 1.807) is 0 Å². The molecule has 1 amide bonds. The van der Waals surface area contributed by atoms with Crippen LogP contribution >= 0.6 is 11.6 Å². The number of nitrogens with one attached hydrogen (secondary N) is 2. The minimum absolute atomic E-state index is 0.0156. The van der Waals surface area contributed by atoms with Crippen molar-refractivity contribution in [2.24, 2.45) is 0 Å². The average Bonchev–Trinajstić information content (AvgIpc) is 2.36. The maximum Gasteiger partial charge on any atom is 0.253 e. The lowest BCUT2D eigenvalue weighted by Crippen LogP contribution is -2.24. The second-order valence-electron chi connectivity index (χ2n) is 3.35. The summed E-state index contributed by atoms with van der Waals surface area (Å²) in [6.07, 6.45) is 1.51. The van der Waals surface area contributed by atoms with Gasteiger partial charge in [-0.15, -0.1) is 6.58 Å². The van der Waals surface area contributed by atoms with E-state index >= 15 is 0 Å². The van der Waals surface area contributed by atoms with Crippen LogP contribution in [0.3, 0.4) is 0 Å². The van der Waals surface area contributed by atoms with Gasteiger partial charge in [-0.1, -0.05) is 17.7 Å². The third-order valence-corrected chi connectivity index (χ3v) is 3.91. The predicted octanol–water partition coefficient (Wildman–Crippen LogP) is 1.16. The molecule has 0 atom stereocenters. The highest BCUT2D eigenvalue weighted by atomic mass is 35.5. The Labute approximate surface area is 111 Å². The molecule has 0 fully saturated rings. The third-order valence-electron chi connectivity index (χ3n) is 2.17. The Morgan fingerprint density at radius 2 is 2.17 bits per heavy atom. The molecule has 0 unspecified atom stereocenters. The lowest BCUT2D eigenvalue weighted by atomic mass is 10.2. The van der Waals surface area contributed by atoms with Gasteiger partial charge in [0, 0.05) is 6.54 Å². The minimum atomic E-state index is -3.60. The summed E-state index contributed by atoms with van der Waals surface area (Å²) in [4.78, 5) is 11.7. The molecule has 7 heteroatoms. The standard InChI is InChI=1S/C11H13ClN2O3S/c1-3-6-14-11(15)9-7-8(4-5-10(9)12)18(16,17)13-2/h3-5,7,13H,1,6H2,2H3,(H,14,15). The minimum Gasteiger partial charge on any atom is -0.349 e. The number of rotatable bonds is 5. The van der Waals surface area contributed by atoms with E-state index in [0.29, 0.717) is 0 Å². The molecule has 18 heavy (non-hydrogen) atoms. The van der Waals surface area contributed by atoms with E-state index in [-0.39, 0.29) is 22.0 Å². The van der Waals surface area contributed by atoms with Crippen molar-refractivity contribution in [3.8, 4) is 0 Å². The molecule has 0 saturated carbocycles. The molecule has 0 aromatic heterocycles. The third kappa shape index (κ3) is 3.32. The molecule has 0 heterocycles. The molecular weight excluding hydrogens is 276 g/mol. The van der Waals surface area contributed by atoms with Crippen molar-refractivity contribution in [3.63, 3.8) is 0 Å². The van der Waals surface area contributed by atoms with E-state index in [1.807, 2.05) is 0 Å². The van der Waals surface area contributed by atoms with E-state index in [4.69, 9.17) is 11.6 Å². The molecule has 2 N–H and O–H groups in total.